The molecule has 1 aromatic carbocycles. The van der Waals surface area contributed by atoms with Gasteiger partial charge < -0.3 is 48.6 Å². The van der Waals surface area contributed by atoms with Crippen molar-refractivity contribution in [1.29, 1.82) is 0 Å². The van der Waals surface area contributed by atoms with Crippen LogP contribution in [0.2, 0.25) is 0 Å². The number of hydrogen-bond donors (Lipinski definition) is 4. The van der Waals surface area contributed by atoms with E-state index in [1.54, 1.807) is 18.2 Å². The van der Waals surface area contributed by atoms with Gasteiger partial charge in [0.1, 0.15) is 23.8 Å². The molecule has 4 heterocycles. The number of aliphatic hydroxyl groups excluding tert-OH is 3. The number of methoxy groups -OCH3 is 1. The summed E-state index contributed by atoms with van der Waals surface area (Å²) < 4.78 is 32.4. The predicted molar refractivity (Wildman–Crippen MR) is 168 cm³/mol. The first-order chi connectivity index (χ1) is 21.8. The van der Waals surface area contributed by atoms with Crippen molar-refractivity contribution in [3.8, 4) is 23.1 Å². The van der Waals surface area contributed by atoms with Gasteiger partial charge in [0.25, 0.3) is 5.88 Å². The average molecular weight is 642 g/mol. The number of hydrogen-bond acceptors (Lipinski definition) is 14. The summed E-state index contributed by atoms with van der Waals surface area (Å²) in [6.45, 7) is 9.67. The van der Waals surface area contributed by atoms with E-state index in [-0.39, 0.29) is 18.2 Å². The zero-order valence-corrected chi connectivity index (χ0v) is 26.2. The number of anilines is 2. The molecule has 4 N–H and O–H groups in total. The van der Waals surface area contributed by atoms with Crippen LogP contribution in [0.4, 0.5) is 11.8 Å². The maximum absolute atomic E-state index is 10.7. The van der Waals surface area contributed by atoms with E-state index < -0.39 is 30.5 Å². The van der Waals surface area contributed by atoms with Crippen LogP contribution >= 0.6 is 11.9 Å². The Bertz CT molecular complexity index is 1430. The van der Waals surface area contributed by atoms with Gasteiger partial charge in [0.15, 0.2) is 23.6 Å². The third-order valence-corrected chi connectivity index (χ3v) is 8.25. The molecule has 2 saturated heterocycles. The summed E-state index contributed by atoms with van der Waals surface area (Å²) in [6, 6.07) is 11.1. The van der Waals surface area contributed by atoms with Crippen molar-refractivity contribution in [2.45, 2.75) is 49.4 Å². The number of nitrogens with zero attached hydrogens (tertiary/aromatic N) is 4. The zero-order chi connectivity index (χ0) is 31.9. The van der Waals surface area contributed by atoms with E-state index in [4.69, 9.17) is 33.7 Å². The quantitative estimate of drug-likeness (QED) is 0.168. The van der Waals surface area contributed by atoms with Crippen LogP contribution in [0.5, 0.6) is 23.1 Å². The third kappa shape index (κ3) is 7.77. The molecule has 0 amide bonds. The summed E-state index contributed by atoms with van der Waals surface area (Å²) >= 11 is 1.24. The molecule has 14 heteroatoms. The first-order valence-electron chi connectivity index (χ1n) is 14.7. The van der Waals surface area contributed by atoms with Gasteiger partial charge in [0.2, 0.25) is 11.7 Å². The minimum Gasteiger partial charge on any atom is -0.493 e. The maximum atomic E-state index is 10.7. The molecule has 0 spiro atoms. The van der Waals surface area contributed by atoms with Gasteiger partial charge in [-0.15, -0.1) is 6.58 Å². The molecule has 0 aliphatic carbocycles. The highest BCUT2D eigenvalue weighted by Crippen LogP contribution is 2.42. The molecular formula is C31H39N5O8S. The number of nitrogens with one attached hydrogen (secondary N) is 1. The highest BCUT2D eigenvalue weighted by molar-refractivity contribution is 8.00. The monoisotopic (exact) mass is 641 g/mol. The third-order valence-electron chi connectivity index (χ3n) is 7.50. The zero-order valence-electron chi connectivity index (χ0n) is 25.4. The fourth-order valence-corrected chi connectivity index (χ4v) is 5.39. The molecule has 0 saturated carbocycles. The van der Waals surface area contributed by atoms with E-state index in [2.05, 4.69) is 30.1 Å². The van der Waals surface area contributed by atoms with Crippen LogP contribution in [0.15, 0.2) is 60.3 Å². The molecule has 5 atom stereocenters. The summed E-state index contributed by atoms with van der Waals surface area (Å²) in [7, 11) is 1.54. The number of morpholine rings is 1. The molecule has 2 fully saturated rings. The molecule has 2 aliphatic heterocycles. The van der Waals surface area contributed by atoms with Gasteiger partial charge in [-0.25, -0.2) is 4.98 Å². The molecule has 3 aromatic rings. The molecule has 1 unspecified atom stereocenters. The van der Waals surface area contributed by atoms with Crippen LogP contribution in [0, 0.1) is 5.92 Å². The van der Waals surface area contributed by atoms with Crippen LogP contribution in [-0.4, -0.2) is 94.9 Å². The first kappa shape index (κ1) is 32.7. The van der Waals surface area contributed by atoms with Crippen molar-refractivity contribution in [2.75, 3.05) is 49.6 Å². The molecule has 13 nitrogen and oxygen atoms in total. The largest absolute Gasteiger partial charge is 0.493 e. The highest BCUT2D eigenvalue weighted by Gasteiger charge is 2.43. The summed E-state index contributed by atoms with van der Waals surface area (Å²) in [5.41, 5.74) is 1.12. The number of aliphatic hydroxyl groups is 3. The fourth-order valence-electron chi connectivity index (χ4n) is 4.81. The van der Waals surface area contributed by atoms with Gasteiger partial charge in [-0.3, -0.25) is 0 Å². The Balaban J connectivity index is 1.51. The normalized spacial score (nSPS) is 23.4. The number of aromatic nitrogens is 3. The molecule has 242 valence electrons. The molecule has 2 aliphatic rings. The van der Waals surface area contributed by atoms with Crippen molar-refractivity contribution in [3.63, 3.8) is 0 Å². The minimum atomic E-state index is -1.38. The predicted octanol–water partition coefficient (Wildman–Crippen LogP) is 3.37. The lowest BCUT2D eigenvalue weighted by Crippen LogP contribution is -2.55. The Kier molecular flexibility index (Phi) is 11.0. The number of benzene rings is 1. The summed E-state index contributed by atoms with van der Waals surface area (Å²) in [6.07, 6.45) is -1.94. The number of rotatable bonds is 12. The molecule has 2 aromatic heterocycles. The highest BCUT2D eigenvalue weighted by atomic mass is 32.2. The van der Waals surface area contributed by atoms with Crippen molar-refractivity contribution in [1.82, 2.24) is 15.0 Å². The van der Waals surface area contributed by atoms with E-state index in [0.717, 1.165) is 5.56 Å². The van der Waals surface area contributed by atoms with Gasteiger partial charge in [-0.2, -0.15) is 9.97 Å². The van der Waals surface area contributed by atoms with Crippen LogP contribution in [0.3, 0.4) is 0 Å². The van der Waals surface area contributed by atoms with Crippen molar-refractivity contribution in [3.05, 3.63) is 60.8 Å². The molecular weight excluding hydrogens is 602 g/mol. The smallest absolute Gasteiger partial charge is 0.265 e. The van der Waals surface area contributed by atoms with Gasteiger partial charge in [-0.05, 0) is 29.7 Å². The summed E-state index contributed by atoms with van der Waals surface area (Å²) in [5, 5.41) is 32.4. The lowest BCUT2D eigenvalue weighted by molar-refractivity contribution is -0.258. The Morgan fingerprint density at radius 1 is 1.09 bits per heavy atom. The van der Waals surface area contributed by atoms with Crippen molar-refractivity contribution in [2.24, 2.45) is 5.92 Å². The first-order valence-corrected chi connectivity index (χ1v) is 15.5. The van der Waals surface area contributed by atoms with Crippen molar-refractivity contribution < 1.29 is 39.0 Å². The van der Waals surface area contributed by atoms with Crippen LogP contribution < -0.4 is 23.8 Å². The second kappa shape index (κ2) is 15.1. The molecule has 0 bridgehead atoms. The van der Waals surface area contributed by atoms with Gasteiger partial charge >= 0.3 is 0 Å². The SMILES string of the molecule is C=C[C@H]1C(O)O[C@H](COc2nc(N3CCOCC3)nc(NSc3ccc(C(C)C)cn3)c2Oc2ccccc2OC)[C@H](O)[C@@H]1O. The second-order valence-electron chi connectivity index (χ2n) is 10.8. The Morgan fingerprint density at radius 3 is 2.51 bits per heavy atom. The Hall–Kier alpha value is -3.66. The van der Waals surface area contributed by atoms with Crippen molar-refractivity contribution >= 4 is 23.7 Å². The topological polar surface area (TPSA) is 161 Å². The Morgan fingerprint density at radius 2 is 1.84 bits per heavy atom. The van der Waals surface area contributed by atoms with Crippen LogP contribution in [0.1, 0.15) is 25.3 Å². The Labute approximate surface area is 266 Å². The fraction of sp³-hybridized carbons (Fsp3) is 0.452. The number of pyridine rings is 1. The summed E-state index contributed by atoms with van der Waals surface area (Å²) in [5.74, 6) is 1.18. The minimum absolute atomic E-state index is 0.0363. The lowest BCUT2D eigenvalue weighted by atomic mass is 9.91. The van der Waals surface area contributed by atoms with E-state index in [9.17, 15) is 15.3 Å². The molecule has 5 rings (SSSR count). The lowest BCUT2D eigenvalue weighted by Gasteiger charge is -2.39. The standard InChI is InChI=1S/C31H39N5O8S/c1-5-20-25(37)26(38)23(44-30(20)39)17-42-29-27(43-22-9-7-6-8-21(22)40-4)28(33-31(34-29)36-12-14-41-15-13-36)35-45-24-11-10-19(16-32-24)18(2)3/h5-11,16,18,20,23,25-26,30,37-39H,1,12-15,17H2,2-4H3,(H,33,34,35)/t20-,23-,25-,26+,30?/m1/s1. The van der Waals surface area contributed by atoms with Crippen LogP contribution in [-0.2, 0) is 9.47 Å². The van der Waals surface area contributed by atoms with Gasteiger partial charge in [0.05, 0.1) is 32.3 Å². The second-order valence-corrected chi connectivity index (χ2v) is 11.6. The number of para-hydroxylation sites is 2. The maximum Gasteiger partial charge on any atom is 0.265 e. The summed E-state index contributed by atoms with van der Waals surface area (Å²) in [4.78, 5) is 16.0. The average Bonchev–Trinajstić information content (AvgIpc) is 3.06. The van der Waals surface area contributed by atoms with E-state index in [0.29, 0.717) is 60.5 Å². The number of ether oxygens (including phenoxy) is 5. The molecule has 45 heavy (non-hydrogen) atoms. The van der Waals surface area contributed by atoms with E-state index in [1.165, 1.54) is 25.1 Å². The van der Waals surface area contributed by atoms with E-state index >= 15 is 0 Å². The van der Waals surface area contributed by atoms with Gasteiger partial charge in [0, 0.05) is 31.2 Å². The molecule has 0 radical (unpaired) electrons. The van der Waals surface area contributed by atoms with Crippen LogP contribution in [0.25, 0.3) is 0 Å². The van der Waals surface area contributed by atoms with Gasteiger partial charge in [-0.1, -0.05) is 38.1 Å². The van der Waals surface area contributed by atoms with E-state index in [1.807, 2.05) is 29.3 Å².